The van der Waals surface area contributed by atoms with Crippen LogP contribution in [0.5, 0.6) is 0 Å². The lowest BCUT2D eigenvalue weighted by molar-refractivity contribution is 0.592. The number of aromatic nitrogens is 2. The molecule has 0 saturated carbocycles. The summed E-state index contributed by atoms with van der Waals surface area (Å²) < 4.78 is 0. The molecule has 1 aliphatic heterocycles. The van der Waals surface area contributed by atoms with Gasteiger partial charge in [-0.1, -0.05) is 54.6 Å². The number of hydrogen-bond donors (Lipinski definition) is 1. The zero-order chi connectivity index (χ0) is 17.3. The van der Waals surface area contributed by atoms with Gasteiger partial charge in [-0.2, -0.15) is 10.2 Å². The van der Waals surface area contributed by atoms with Gasteiger partial charge in [0.05, 0.1) is 5.69 Å². The van der Waals surface area contributed by atoms with Crippen LogP contribution >= 0.6 is 0 Å². The lowest BCUT2D eigenvalue weighted by atomic mass is 9.84. The molecular formula is C23H19N3. The Labute approximate surface area is 152 Å². The van der Waals surface area contributed by atoms with Crippen molar-refractivity contribution in [1.29, 1.82) is 0 Å². The molecule has 1 aliphatic rings. The summed E-state index contributed by atoms with van der Waals surface area (Å²) in [6.45, 7) is 1.86. The van der Waals surface area contributed by atoms with E-state index in [1.807, 2.05) is 12.1 Å². The SMILES string of the molecule is c1cnnc(-c2ccc3c(c2)CNCC3c2ccc3ccccc3c2)c1. The largest absolute Gasteiger partial charge is 0.312 e. The lowest BCUT2D eigenvalue weighted by Gasteiger charge is -2.27. The molecule has 3 heteroatoms. The highest BCUT2D eigenvalue weighted by Gasteiger charge is 2.22. The fourth-order valence-corrected chi connectivity index (χ4v) is 3.90. The predicted octanol–water partition coefficient (Wildman–Crippen LogP) is 4.53. The lowest BCUT2D eigenvalue weighted by Crippen LogP contribution is -2.28. The average molecular weight is 337 g/mol. The van der Waals surface area contributed by atoms with Gasteiger partial charge in [0.25, 0.3) is 0 Å². The molecule has 0 saturated heterocycles. The summed E-state index contributed by atoms with van der Waals surface area (Å²) in [5, 5.41) is 14.4. The Hall–Kier alpha value is -3.04. The van der Waals surface area contributed by atoms with Gasteiger partial charge in [-0.05, 0) is 45.7 Å². The van der Waals surface area contributed by atoms with E-state index in [1.54, 1.807) is 6.20 Å². The number of rotatable bonds is 2. The van der Waals surface area contributed by atoms with Crippen LogP contribution in [0.15, 0.2) is 79.0 Å². The topological polar surface area (TPSA) is 37.8 Å². The van der Waals surface area contributed by atoms with Gasteiger partial charge < -0.3 is 5.32 Å². The number of nitrogens with zero attached hydrogens (tertiary/aromatic N) is 2. The summed E-state index contributed by atoms with van der Waals surface area (Å²) in [5.41, 5.74) is 6.16. The third-order valence-corrected chi connectivity index (χ3v) is 5.23. The number of benzene rings is 3. The third kappa shape index (κ3) is 2.67. The first kappa shape index (κ1) is 15.2. The molecule has 0 radical (unpaired) electrons. The second-order valence-corrected chi connectivity index (χ2v) is 6.81. The van der Waals surface area contributed by atoms with E-state index in [2.05, 4.69) is 76.2 Å². The highest BCUT2D eigenvalue weighted by Crippen LogP contribution is 2.33. The maximum Gasteiger partial charge on any atom is 0.0929 e. The fraction of sp³-hybridized carbons (Fsp3) is 0.130. The van der Waals surface area contributed by atoms with Gasteiger partial charge in [0.1, 0.15) is 0 Å². The summed E-state index contributed by atoms with van der Waals surface area (Å²) in [7, 11) is 0. The van der Waals surface area contributed by atoms with Crippen LogP contribution in [0, 0.1) is 0 Å². The molecule has 1 N–H and O–H groups in total. The minimum Gasteiger partial charge on any atom is -0.312 e. The molecule has 1 unspecified atom stereocenters. The second-order valence-electron chi connectivity index (χ2n) is 6.81. The molecule has 1 aromatic heterocycles. The molecule has 2 heterocycles. The summed E-state index contributed by atoms with van der Waals surface area (Å²) in [6.07, 6.45) is 1.71. The number of fused-ring (bicyclic) bond motifs is 2. The second kappa shape index (κ2) is 6.36. The molecule has 1 atom stereocenters. The zero-order valence-electron chi connectivity index (χ0n) is 14.4. The minimum absolute atomic E-state index is 0.374. The maximum atomic E-state index is 4.24. The van der Waals surface area contributed by atoms with Crippen molar-refractivity contribution in [1.82, 2.24) is 15.5 Å². The van der Waals surface area contributed by atoms with Crippen LogP contribution < -0.4 is 5.32 Å². The van der Waals surface area contributed by atoms with Crippen LogP contribution in [0.25, 0.3) is 22.0 Å². The van der Waals surface area contributed by atoms with Crippen molar-refractivity contribution in [2.75, 3.05) is 6.54 Å². The summed E-state index contributed by atoms with van der Waals surface area (Å²) in [4.78, 5) is 0. The van der Waals surface area contributed by atoms with Gasteiger partial charge in [-0.15, -0.1) is 0 Å². The minimum atomic E-state index is 0.374. The van der Waals surface area contributed by atoms with E-state index in [1.165, 1.54) is 27.5 Å². The van der Waals surface area contributed by atoms with Crippen molar-refractivity contribution in [3.8, 4) is 11.3 Å². The quantitative estimate of drug-likeness (QED) is 0.584. The molecule has 0 aliphatic carbocycles. The third-order valence-electron chi connectivity index (χ3n) is 5.23. The number of nitrogens with one attached hydrogen (secondary N) is 1. The highest BCUT2D eigenvalue weighted by atomic mass is 15.1. The van der Waals surface area contributed by atoms with Crippen molar-refractivity contribution in [2.45, 2.75) is 12.5 Å². The van der Waals surface area contributed by atoms with Gasteiger partial charge in [0.15, 0.2) is 0 Å². The normalized spacial score (nSPS) is 16.4. The first-order valence-corrected chi connectivity index (χ1v) is 8.99. The average Bonchev–Trinajstić information content (AvgIpc) is 2.73. The molecule has 4 aromatic rings. The smallest absolute Gasteiger partial charge is 0.0929 e. The molecule has 0 bridgehead atoms. The molecule has 0 amide bonds. The molecule has 126 valence electrons. The zero-order valence-corrected chi connectivity index (χ0v) is 14.4. The van der Waals surface area contributed by atoms with E-state index < -0.39 is 0 Å². The summed E-state index contributed by atoms with van der Waals surface area (Å²) in [5.74, 6) is 0.374. The van der Waals surface area contributed by atoms with E-state index in [0.717, 1.165) is 24.3 Å². The van der Waals surface area contributed by atoms with Crippen LogP contribution in [0.3, 0.4) is 0 Å². The standard InChI is InChI=1S/C23H19N3/c1-2-5-17-12-18(8-7-16(17)4-1)22-15-24-14-20-13-19(9-10-21(20)22)23-6-3-11-25-26-23/h1-13,22,24H,14-15H2. The van der Waals surface area contributed by atoms with Crippen LogP contribution in [0.1, 0.15) is 22.6 Å². The van der Waals surface area contributed by atoms with Crippen molar-refractivity contribution in [2.24, 2.45) is 0 Å². The van der Waals surface area contributed by atoms with Crippen molar-refractivity contribution in [3.63, 3.8) is 0 Å². The molecule has 26 heavy (non-hydrogen) atoms. The Morgan fingerprint density at radius 3 is 2.65 bits per heavy atom. The van der Waals surface area contributed by atoms with Crippen LogP contribution in [0.4, 0.5) is 0 Å². The number of hydrogen-bond acceptors (Lipinski definition) is 3. The Morgan fingerprint density at radius 1 is 0.846 bits per heavy atom. The first-order chi connectivity index (χ1) is 12.9. The maximum absolute atomic E-state index is 4.24. The summed E-state index contributed by atoms with van der Waals surface area (Å²) in [6, 6.07) is 26.0. The van der Waals surface area contributed by atoms with E-state index in [-0.39, 0.29) is 0 Å². The molecular weight excluding hydrogens is 318 g/mol. The monoisotopic (exact) mass is 337 g/mol. The van der Waals surface area contributed by atoms with Crippen LogP contribution in [0.2, 0.25) is 0 Å². The Morgan fingerprint density at radius 2 is 1.77 bits per heavy atom. The van der Waals surface area contributed by atoms with E-state index in [9.17, 15) is 0 Å². The first-order valence-electron chi connectivity index (χ1n) is 8.99. The van der Waals surface area contributed by atoms with Gasteiger partial charge in [0, 0.05) is 30.8 Å². The molecule has 5 rings (SSSR count). The Bertz CT molecular complexity index is 1070. The van der Waals surface area contributed by atoms with Crippen molar-refractivity contribution >= 4 is 10.8 Å². The van der Waals surface area contributed by atoms with Crippen LogP contribution in [-0.4, -0.2) is 16.7 Å². The van der Waals surface area contributed by atoms with Gasteiger partial charge >= 0.3 is 0 Å². The van der Waals surface area contributed by atoms with E-state index >= 15 is 0 Å². The van der Waals surface area contributed by atoms with Gasteiger partial charge in [-0.25, -0.2) is 0 Å². The highest BCUT2D eigenvalue weighted by molar-refractivity contribution is 5.83. The molecule has 3 aromatic carbocycles. The molecule has 3 nitrogen and oxygen atoms in total. The molecule has 0 spiro atoms. The van der Waals surface area contributed by atoms with Gasteiger partial charge in [0.2, 0.25) is 0 Å². The van der Waals surface area contributed by atoms with E-state index in [4.69, 9.17) is 0 Å². The Balaban J connectivity index is 1.56. The van der Waals surface area contributed by atoms with Gasteiger partial charge in [-0.3, -0.25) is 0 Å². The van der Waals surface area contributed by atoms with Crippen LogP contribution in [-0.2, 0) is 6.54 Å². The predicted molar refractivity (Wildman–Crippen MR) is 105 cm³/mol. The van der Waals surface area contributed by atoms with E-state index in [0.29, 0.717) is 5.92 Å². The van der Waals surface area contributed by atoms with Crippen molar-refractivity contribution < 1.29 is 0 Å². The molecule has 0 fully saturated rings. The van der Waals surface area contributed by atoms with Crippen molar-refractivity contribution in [3.05, 3.63) is 95.7 Å². The summed E-state index contributed by atoms with van der Waals surface area (Å²) >= 11 is 0. The Kier molecular flexibility index (Phi) is 3.72. The fourth-order valence-electron chi connectivity index (χ4n) is 3.90.